The molecule has 0 saturated heterocycles. The minimum absolute atomic E-state index is 0.217. The number of aromatic hydroxyl groups is 1. The quantitative estimate of drug-likeness (QED) is 0.269. The van der Waals surface area contributed by atoms with Crippen LogP contribution in [0.5, 0.6) is 5.75 Å². The summed E-state index contributed by atoms with van der Waals surface area (Å²) >= 11 is 0. The third kappa shape index (κ3) is 8.94. The molecule has 8 heteroatoms. The summed E-state index contributed by atoms with van der Waals surface area (Å²) in [6.45, 7) is 2.26. The number of aliphatic carboxylic acids is 1. The number of esters is 1. The molecule has 0 aliphatic rings. The number of hydrogen-bond acceptors (Lipinski definition) is 6. The van der Waals surface area contributed by atoms with Crippen LogP contribution in [0.2, 0.25) is 0 Å². The standard InChI is InChI=1S/C25H32N2O6/c1-17-10-12-19(22(28)15-17)9-6-14-26-21(16-23(29)30)24(31)27-20(25(32)33-2)13-11-18-7-4-3-5-8-18/h3-5,7-8,10,12,15,20-21,26,28H,6,9,11,13-14,16H2,1-2H3,(H,27,31)(H,29,30). The van der Waals surface area contributed by atoms with Crippen LogP contribution in [0, 0.1) is 6.92 Å². The van der Waals surface area contributed by atoms with Crippen LogP contribution in [0.1, 0.15) is 36.0 Å². The summed E-state index contributed by atoms with van der Waals surface area (Å²) in [5, 5.41) is 24.8. The average Bonchev–Trinajstić information content (AvgIpc) is 2.79. The Labute approximate surface area is 194 Å². The first-order chi connectivity index (χ1) is 15.8. The molecular formula is C25H32N2O6. The van der Waals surface area contributed by atoms with E-state index in [0.717, 1.165) is 16.7 Å². The number of carbonyl (C=O) groups is 3. The number of phenols is 1. The molecule has 2 atom stereocenters. The van der Waals surface area contributed by atoms with Gasteiger partial charge in [-0.2, -0.15) is 0 Å². The van der Waals surface area contributed by atoms with Crippen LogP contribution in [-0.4, -0.2) is 53.8 Å². The average molecular weight is 457 g/mol. The van der Waals surface area contributed by atoms with E-state index >= 15 is 0 Å². The van der Waals surface area contributed by atoms with E-state index in [4.69, 9.17) is 4.74 Å². The summed E-state index contributed by atoms with van der Waals surface area (Å²) in [5.41, 5.74) is 2.76. The second kappa shape index (κ2) is 13.2. The molecule has 0 aliphatic carbocycles. The van der Waals surface area contributed by atoms with Gasteiger partial charge in [-0.3, -0.25) is 9.59 Å². The van der Waals surface area contributed by atoms with E-state index in [0.29, 0.717) is 32.2 Å². The molecule has 2 aromatic carbocycles. The van der Waals surface area contributed by atoms with Gasteiger partial charge in [0.15, 0.2) is 0 Å². The highest BCUT2D eigenvalue weighted by molar-refractivity contribution is 5.90. The maximum Gasteiger partial charge on any atom is 0.328 e. The number of carbonyl (C=O) groups excluding carboxylic acids is 2. The molecule has 0 heterocycles. The van der Waals surface area contributed by atoms with Gasteiger partial charge in [-0.15, -0.1) is 0 Å². The Morgan fingerprint density at radius 2 is 1.76 bits per heavy atom. The van der Waals surface area contributed by atoms with Crippen molar-refractivity contribution >= 4 is 17.8 Å². The summed E-state index contributed by atoms with van der Waals surface area (Å²) in [5.74, 6) is -2.06. The van der Waals surface area contributed by atoms with Crippen molar-refractivity contribution in [3.8, 4) is 5.75 Å². The molecular weight excluding hydrogens is 424 g/mol. The summed E-state index contributed by atoms with van der Waals surface area (Å²) in [6, 6.07) is 13.1. The van der Waals surface area contributed by atoms with Gasteiger partial charge in [0.2, 0.25) is 5.91 Å². The van der Waals surface area contributed by atoms with Gasteiger partial charge < -0.3 is 25.6 Å². The number of phenolic OH excluding ortho intramolecular Hbond substituents is 1. The van der Waals surface area contributed by atoms with E-state index in [1.54, 1.807) is 6.07 Å². The van der Waals surface area contributed by atoms with Crippen molar-refractivity contribution in [3.05, 3.63) is 65.2 Å². The molecule has 1 amide bonds. The van der Waals surface area contributed by atoms with Gasteiger partial charge in [-0.05, 0) is 61.9 Å². The Hall–Kier alpha value is -3.39. The van der Waals surface area contributed by atoms with E-state index in [2.05, 4.69) is 10.6 Å². The molecule has 8 nitrogen and oxygen atoms in total. The highest BCUT2D eigenvalue weighted by atomic mass is 16.5. The first-order valence-corrected chi connectivity index (χ1v) is 11.0. The van der Waals surface area contributed by atoms with E-state index in [-0.39, 0.29) is 5.75 Å². The monoisotopic (exact) mass is 456 g/mol. The number of ether oxygens (including phenoxy) is 1. The molecule has 0 spiro atoms. The van der Waals surface area contributed by atoms with Crippen molar-refractivity contribution < 1.29 is 29.3 Å². The fraction of sp³-hybridized carbons (Fsp3) is 0.400. The molecule has 33 heavy (non-hydrogen) atoms. The Morgan fingerprint density at radius 3 is 2.39 bits per heavy atom. The summed E-state index contributed by atoms with van der Waals surface area (Å²) < 4.78 is 4.82. The molecule has 0 saturated carbocycles. The normalized spacial score (nSPS) is 12.5. The number of aryl methyl sites for hydroxylation is 3. The number of benzene rings is 2. The fourth-order valence-electron chi connectivity index (χ4n) is 3.49. The Kier molecular flexibility index (Phi) is 10.4. The maximum atomic E-state index is 12.8. The molecule has 4 N–H and O–H groups in total. The van der Waals surface area contributed by atoms with Gasteiger partial charge in [-0.25, -0.2) is 4.79 Å². The SMILES string of the molecule is COC(=O)C(CCc1ccccc1)NC(=O)C(CC(=O)O)NCCCc1ccc(C)cc1O. The summed E-state index contributed by atoms with van der Waals surface area (Å²) in [4.78, 5) is 36.3. The predicted molar refractivity (Wildman–Crippen MR) is 124 cm³/mol. The van der Waals surface area contributed by atoms with Crippen molar-refractivity contribution in [1.29, 1.82) is 0 Å². The lowest BCUT2D eigenvalue weighted by Crippen LogP contribution is -2.51. The van der Waals surface area contributed by atoms with Crippen LogP contribution >= 0.6 is 0 Å². The molecule has 0 aromatic heterocycles. The third-order valence-corrected chi connectivity index (χ3v) is 5.32. The zero-order valence-electron chi connectivity index (χ0n) is 19.0. The number of methoxy groups -OCH3 is 1. The maximum absolute atomic E-state index is 12.8. The number of nitrogens with one attached hydrogen (secondary N) is 2. The van der Waals surface area contributed by atoms with Crippen LogP contribution in [0.3, 0.4) is 0 Å². The molecule has 2 aromatic rings. The van der Waals surface area contributed by atoms with Gasteiger partial charge >= 0.3 is 11.9 Å². The third-order valence-electron chi connectivity index (χ3n) is 5.32. The zero-order valence-corrected chi connectivity index (χ0v) is 19.0. The Bertz CT molecular complexity index is 932. The van der Waals surface area contributed by atoms with Crippen LogP contribution in [-0.2, 0) is 32.0 Å². The highest BCUT2D eigenvalue weighted by Crippen LogP contribution is 2.19. The van der Waals surface area contributed by atoms with Crippen molar-refractivity contribution in [2.75, 3.05) is 13.7 Å². The van der Waals surface area contributed by atoms with Crippen molar-refractivity contribution in [2.24, 2.45) is 0 Å². The number of hydrogen-bond donors (Lipinski definition) is 4. The van der Waals surface area contributed by atoms with E-state index < -0.39 is 36.4 Å². The van der Waals surface area contributed by atoms with Crippen LogP contribution < -0.4 is 10.6 Å². The molecule has 0 fully saturated rings. The Balaban J connectivity index is 1.93. The van der Waals surface area contributed by atoms with Gasteiger partial charge in [0, 0.05) is 0 Å². The predicted octanol–water partition coefficient (Wildman–Crippen LogP) is 2.36. The first-order valence-electron chi connectivity index (χ1n) is 11.0. The van der Waals surface area contributed by atoms with Crippen LogP contribution in [0.4, 0.5) is 0 Å². The Morgan fingerprint density at radius 1 is 1.03 bits per heavy atom. The molecule has 2 unspecified atom stereocenters. The highest BCUT2D eigenvalue weighted by Gasteiger charge is 2.27. The van der Waals surface area contributed by atoms with Crippen molar-refractivity contribution in [2.45, 2.75) is 51.1 Å². The molecule has 0 aliphatic heterocycles. The van der Waals surface area contributed by atoms with Crippen molar-refractivity contribution in [3.63, 3.8) is 0 Å². The lowest BCUT2D eigenvalue weighted by molar-refractivity contribution is -0.145. The minimum atomic E-state index is -1.13. The topological polar surface area (TPSA) is 125 Å². The number of carboxylic acid groups (broad SMARTS) is 1. The van der Waals surface area contributed by atoms with Crippen molar-refractivity contribution in [1.82, 2.24) is 10.6 Å². The fourth-order valence-corrected chi connectivity index (χ4v) is 3.49. The largest absolute Gasteiger partial charge is 0.508 e. The van der Waals surface area contributed by atoms with Gasteiger partial charge in [-0.1, -0.05) is 42.5 Å². The lowest BCUT2D eigenvalue weighted by Gasteiger charge is -2.21. The summed E-state index contributed by atoms with van der Waals surface area (Å²) in [6.07, 6.45) is 1.62. The molecule has 0 bridgehead atoms. The molecule has 2 rings (SSSR count). The lowest BCUT2D eigenvalue weighted by atomic mass is 10.0. The molecule has 0 radical (unpaired) electrons. The second-order valence-corrected chi connectivity index (χ2v) is 7.95. The van der Waals surface area contributed by atoms with Gasteiger partial charge in [0.05, 0.1) is 19.6 Å². The van der Waals surface area contributed by atoms with Gasteiger partial charge in [0.1, 0.15) is 11.8 Å². The first kappa shape index (κ1) is 25.9. The van der Waals surface area contributed by atoms with Crippen LogP contribution in [0.15, 0.2) is 48.5 Å². The smallest absolute Gasteiger partial charge is 0.328 e. The van der Waals surface area contributed by atoms with E-state index in [1.165, 1.54) is 7.11 Å². The molecule has 178 valence electrons. The van der Waals surface area contributed by atoms with E-state index in [9.17, 15) is 24.6 Å². The minimum Gasteiger partial charge on any atom is -0.508 e. The van der Waals surface area contributed by atoms with Crippen LogP contribution in [0.25, 0.3) is 0 Å². The number of amides is 1. The second-order valence-electron chi connectivity index (χ2n) is 7.95. The number of carboxylic acids is 1. The number of rotatable bonds is 13. The zero-order chi connectivity index (χ0) is 24.2. The van der Waals surface area contributed by atoms with E-state index in [1.807, 2.05) is 49.4 Å². The van der Waals surface area contributed by atoms with Gasteiger partial charge in [0.25, 0.3) is 0 Å². The summed E-state index contributed by atoms with van der Waals surface area (Å²) in [7, 11) is 1.25.